The highest BCUT2D eigenvalue weighted by atomic mass is 32.2. The maximum Gasteiger partial charge on any atom is 0.254 e. The molecule has 1 unspecified atom stereocenters. The van der Waals surface area contributed by atoms with Crippen molar-refractivity contribution in [2.24, 2.45) is 0 Å². The number of ether oxygens (including phenoxy) is 1. The number of morpholine rings is 1. The molecule has 3 rings (SSSR count). The molecule has 0 aliphatic carbocycles. The van der Waals surface area contributed by atoms with Crippen molar-refractivity contribution >= 4 is 15.9 Å². The highest BCUT2D eigenvalue weighted by Gasteiger charge is 2.32. The summed E-state index contributed by atoms with van der Waals surface area (Å²) in [4.78, 5) is 14.5. The first-order chi connectivity index (χ1) is 12.5. The SMILES string of the molecule is CCCN(C1CCNC1)S(=O)(=O)c1ccc(C(=O)N2CCOCC2)cc1. The molecule has 2 saturated heterocycles. The van der Waals surface area contributed by atoms with Gasteiger partial charge in [0.05, 0.1) is 18.1 Å². The maximum absolute atomic E-state index is 13.1. The normalized spacial score (nSPS) is 21.3. The Labute approximate surface area is 155 Å². The van der Waals surface area contributed by atoms with Crippen molar-refractivity contribution in [3.8, 4) is 0 Å². The van der Waals surface area contributed by atoms with E-state index in [1.807, 2.05) is 6.92 Å². The van der Waals surface area contributed by atoms with E-state index in [-0.39, 0.29) is 16.8 Å². The smallest absolute Gasteiger partial charge is 0.254 e. The van der Waals surface area contributed by atoms with Crippen molar-refractivity contribution in [1.29, 1.82) is 0 Å². The highest BCUT2D eigenvalue weighted by Crippen LogP contribution is 2.22. The third kappa shape index (κ3) is 4.09. The van der Waals surface area contributed by atoms with E-state index >= 15 is 0 Å². The largest absolute Gasteiger partial charge is 0.378 e. The first-order valence-electron chi connectivity index (χ1n) is 9.23. The molecule has 1 N–H and O–H groups in total. The van der Waals surface area contributed by atoms with Crippen molar-refractivity contribution < 1.29 is 17.9 Å². The summed E-state index contributed by atoms with van der Waals surface area (Å²) >= 11 is 0. The molecule has 1 atom stereocenters. The van der Waals surface area contributed by atoms with Crippen LogP contribution in [0.5, 0.6) is 0 Å². The van der Waals surface area contributed by atoms with Crippen LogP contribution in [0.3, 0.4) is 0 Å². The predicted octanol–water partition coefficient (Wildman–Crippen LogP) is 0.922. The zero-order valence-corrected chi connectivity index (χ0v) is 16.0. The number of carbonyl (C=O) groups is 1. The zero-order chi connectivity index (χ0) is 18.6. The van der Waals surface area contributed by atoms with Crippen molar-refractivity contribution in [3.63, 3.8) is 0 Å². The van der Waals surface area contributed by atoms with Crippen LogP contribution >= 0.6 is 0 Å². The van der Waals surface area contributed by atoms with Gasteiger partial charge in [0.2, 0.25) is 10.0 Å². The van der Waals surface area contributed by atoms with Gasteiger partial charge in [-0.3, -0.25) is 4.79 Å². The topological polar surface area (TPSA) is 79.0 Å². The molecule has 0 aromatic heterocycles. The van der Waals surface area contributed by atoms with Crippen molar-refractivity contribution in [2.45, 2.75) is 30.7 Å². The number of benzene rings is 1. The summed E-state index contributed by atoms with van der Waals surface area (Å²) in [7, 11) is -3.57. The molecule has 7 nitrogen and oxygen atoms in total. The number of hydrogen-bond acceptors (Lipinski definition) is 5. The predicted molar refractivity (Wildman–Crippen MR) is 98.6 cm³/mol. The first kappa shape index (κ1) is 19.3. The molecule has 2 fully saturated rings. The van der Waals surface area contributed by atoms with Crippen molar-refractivity contribution in [2.75, 3.05) is 45.9 Å². The minimum absolute atomic E-state index is 0.00499. The average molecular weight is 381 g/mol. The second kappa shape index (κ2) is 8.47. The lowest BCUT2D eigenvalue weighted by atomic mass is 10.2. The van der Waals surface area contributed by atoms with E-state index in [1.54, 1.807) is 33.5 Å². The molecule has 1 aromatic rings. The van der Waals surface area contributed by atoms with Crippen molar-refractivity contribution in [3.05, 3.63) is 29.8 Å². The Bertz CT molecular complexity index is 708. The Morgan fingerprint density at radius 1 is 1.27 bits per heavy atom. The first-order valence-corrected chi connectivity index (χ1v) is 10.7. The van der Waals surface area contributed by atoms with Gasteiger partial charge < -0.3 is 15.0 Å². The molecule has 2 aliphatic rings. The van der Waals surface area contributed by atoms with Gasteiger partial charge >= 0.3 is 0 Å². The van der Waals surface area contributed by atoms with Gasteiger partial charge in [-0.15, -0.1) is 0 Å². The third-order valence-corrected chi connectivity index (χ3v) is 6.86. The lowest BCUT2D eigenvalue weighted by molar-refractivity contribution is 0.0303. The van der Waals surface area contributed by atoms with Gasteiger partial charge in [-0.05, 0) is 43.7 Å². The Morgan fingerprint density at radius 3 is 2.54 bits per heavy atom. The van der Waals surface area contributed by atoms with Gasteiger partial charge in [0.15, 0.2) is 0 Å². The number of nitrogens with one attached hydrogen (secondary N) is 1. The monoisotopic (exact) mass is 381 g/mol. The standard InChI is InChI=1S/C18H27N3O4S/c1-2-9-21(16-7-8-19-14-16)26(23,24)17-5-3-15(4-6-17)18(22)20-10-12-25-13-11-20/h3-6,16,19H,2,7-14H2,1H3. The minimum Gasteiger partial charge on any atom is -0.378 e. The van der Waals surface area contributed by atoms with E-state index in [4.69, 9.17) is 4.74 Å². The third-order valence-electron chi connectivity index (χ3n) is 4.89. The molecule has 144 valence electrons. The van der Waals surface area contributed by atoms with E-state index in [0.29, 0.717) is 45.0 Å². The van der Waals surface area contributed by atoms with E-state index < -0.39 is 10.0 Å². The fraction of sp³-hybridized carbons (Fsp3) is 0.611. The van der Waals surface area contributed by atoms with Gasteiger partial charge in [0.25, 0.3) is 5.91 Å². The van der Waals surface area contributed by atoms with Gasteiger partial charge in [-0.1, -0.05) is 6.92 Å². The molecule has 0 saturated carbocycles. The molecule has 1 amide bonds. The second-order valence-electron chi connectivity index (χ2n) is 6.69. The lowest BCUT2D eigenvalue weighted by Crippen LogP contribution is -2.42. The minimum atomic E-state index is -3.57. The Hall–Kier alpha value is -1.48. The summed E-state index contributed by atoms with van der Waals surface area (Å²) in [5.74, 6) is -0.0809. The van der Waals surface area contributed by atoms with Crippen LogP contribution in [0.1, 0.15) is 30.1 Å². The van der Waals surface area contributed by atoms with Crippen LogP contribution in [-0.2, 0) is 14.8 Å². The average Bonchev–Trinajstić information content (AvgIpc) is 3.20. The number of carbonyl (C=O) groups excluding carboxylic acids is 1. The van der Waals surface area contributed by atoms with Gasteiger partial charge in [0, 0.05) is 37.8 Å². The van der Waals surface area contributed by atoms with Crippen LogP contribution < -0.4 is 5.32 Å². The van der Waals surface area contributed by atoms with Crippen LogP contribution in [-0.4, -0.2) is 75.5 Å². The highest BCUT2D eigenvalue weighted by molar-refractivity contribution is 7.89. The quantitative estimate of drug-likeness (QED) is 0.793. The number of nitrogens with zero attached hydrogens (tertiary/aromatic N) is 2. The zero-order valence-electron chi connectivity index (χ0n) is 15.2. The maximum atomic E-state index is 13.1. The Morgan fingerprint density at radius 2 is 1.96 bits per heavy atom. The molecular formula is C18H27N3O4S. The van der Waals surface area contributed by atoms with Crippen LogP contribution in [0.15, 0.2) is 29.2 Å². The van der Waals surface area contributed by atoms with E-state index in [1.165, 1.54) is 0 Å². The van der Waals surface area contributed by atoms with Crippen LogP contribution in [0, 0.1) is 0 Å². The summed E-state index contributed by atoms with van der Waals surface area (Å²) in [6.07, 6.45) is 1.59. The molecular weight excluding hydrogens is 354 g/mol. The molecule has 2 aliphatic heterocycles. The molecule has 0 bridgehead atoms. The number of rotatable bonds is 6. The molecule has 8 heteroatoms. The summed E-state index contributed by atoms with van der Waals surface area (Å²) in [6.45, 7) is 6.23. The second-order valence-corrected chi connectivity index (χ2v) is 8.58. The number of hydrogen-bond donors (Lipinski definition) is 1. The Balaban J connectivity index is 1.78. The number of sulfonamides is 1. The Kier molecular flexibility index (Phi) is 6.29. The molecule has 0 spiro atoms. The molecule has 26 heavy (non-hydrogen) atoms. The van der Waals surface area contributed by atoms with Crippen molar-refractivity contribution in [1.82, 2.24) is 14.5 Å². The van der Waals surface area contributed by atoms with E-state index in [0.717, 1.165) is 19.4 Å². The number of amides is 1. The molecule has 1 aromatic carbocycles. The lowest BCUT2D eigenvalue weighted by Gasteiger charge is -2.28. The molecule has 0 radical (unpaired) electrons. The fourth-order valence-corrected chi connectivity index (χ4v) is 5.20. The summed E-state index contributed by atoms with van der Waals surface area (Å²) in [6, 6.07) is 6.32. The van der Waals surface area contributed by atoms with E-state index in [2.05, 4.69) is 5.32 Å². The van der Waals surface area contributed by atoms with Crippen LogP contribution in [0.4, 0.5) is 0 Å². The summed E-state index contributed by atoms with van der Waals surface area (Å²) < 4.78 is 33.0. The van der Waals surface area contributed by atoms with Crippen LogP contribution in [0.25, 0.3) is 0 Å². The summed E-state index contributed by atoms with van der Waals surface area (Å²) in [5.41, 5.74) is 0.510. The molecule has 2 heterocycles. The fourth-order valence-electron chi connectivity index (χ4n) is 3.46. The van der Waals surface area contributed by atoms with E-state index in [9.17, 15) is 13.2 Å². The van der Waals surface area contributed by atoms with Crippen LogP contribution in [0.2, 0.25) is 0 Å². The van der Waals surface area contributed by atoms with Gasteiger partial charge in [-0.2, -0.15) is 4.31 Å². The summed E-state index contributed by atoms with van der Waals surface area (Å²) in [5, 5.41) is 3.23. The van der Waals surface area contributed by atoms with Gasteiger partial charge in [0.1, 0.15) is 0 Å². The van der Waals surface area contributed by atoms with Gasteiger partial charge in [-0.25, -0.2) is 8.42 Å².